The maximum atomic E-state index is 10.8. The highest BCUT2D eigenvalue weighted by atomic mass is 32.1. The van der Waals surface area contributed by atoms with Gasteiger partial charge < -0.3 is 24.8 Å². The van der Waals surface area contributed by atoms with Crippen LogP contribution in [0.3, 0.4) is 0 Å². The Hall–Kier alpha value is -3.18. The first-order chi connectivity index (χ1) is 16.2. The number of rotatable bonds is 5. The number of para-hydroxylation sites is 1. The van der Waals surface area contributed by atoms with E-state index in [1.165, 1.54) is 11.3 Å². The third kappa shape index (κ3) is 3.91. The van der Waals surface area contributed by atoms with Crippen LogP contribution in [-0.4, -0.2) is 64.6 Å². The molecule has 0 aliphatic carbocycles. The van der Waals surface area contributed by atoms with E-state index in [4.69, 9.17) is 19.4 Å². The summed E-state index contributed by atoms with van der Waals surface area (Å²) in [4.78, 5) is 22.5. The fourth-order valence-corrected chi connectivity index (χ4v) is 4.96. The van der Waals surface area contributed by atoms with Crippen LogP contribution in [0.15, 0.2) is 48.8 Å². The molecule has 2 N–H and O–H groups in total. The molecule has 0 amide bonds. The van der Waals surface area contributed by atoms with E-state index in [0.29, 0.717) is 38.2 Å². The summed E-state index contributed by atoms with van der Waals surface area (Å²) >= 11 is 1.48. The van der Waals surface area contributed by atoms with E-state index in [0.717, 1.165) is 45.3 Å². The van der Waals surface area contributed by atoms with E-state index in [-0.39, 0.29) is 0 Å². The smallest absolute Gasteiger partial charge is 0.227 e. The van der Waals surface area contributed by atoms with E-state index in [1.807, 2.05) is 36.4 Å². The Kier molecular flexibility index (Phi) is 5.14. The summed E-state index contributed by atoms with van der Waals surface area (Å²) in [7, 11) is 0. The van der Waals surface area contributed by atoms with Crippen LogP contribution < -0.4 is 10.2 Å². The van der Waals surface area contributed by atoms with Gasteiger partial charge in [0, 0.05) is 36.0 Å². The zero-order valence-corrected chi connectivity index (χ0v) is 18.6. The van der Waals surface area contributed by atoms with Crippen molar-refractivity contribution in [2.24, 2.45) is 0 Å². The molecule has 3 aromatic heterocycles. The van der Waals surface area contributed by atoms with Gasteiger partial charge in [-0.05, 0) is 18.2 Å². The van der Waals surface area contributed by atoms with Crippen molar-refractivity contribution in [1.29, 1.82) is 0 Å². The minimum absolute atomic E-state index is 0.302. The van der Waals surface area contributed by atoms with Crippen LogP contribution in [0.5, 0.6) is 0 Å². The van der Waals surface area contributed by atoms with Gasteiger partial charge in [-0.1, -0.05) is 18.2 Å². The highest BCUT2D eigenvalue weighted by Crippen LogP contribution is 2.40. The Morgan fingerprint density at radius 2 is 1.76 bits per heavy atom. The van der Waals surface area contributed by atoms with Gasteiger partial charge in [-0.3, -0.25) is 0 Å². The number of anilines is 3. The molecule has 168 valence electrons. The normalized spacial score (nSPS) is 17.7. The summed E-state index contributed by atoms with van der Waals surface area (Å²) < 4.78 is 10.8. The predicted molar refractivity (Wildman–Crippen MR) is 126 cm³/mol. The summed E-state index contributed by atoms with van der Waals surface area (Å²) in [6.45, 7) is 3.41. The molecule has 0 spiro atoms. The molecule has 6 rings (SSSR count). The van der Waals surface area contributed by atoms with Gasteiger partial charge in [-0.2, -0.15) is 0 Å². The first-order valence-corrected chi connectivity index (χ1v) is 11.6. The number of benzene rings is 1. The number of nitrogens with zero attached hydrogens (tertiary/aromatic N) is 5. The molecule has 9 nitrogen and oxygen atoms in total. The van der Waals surface area contributed by atoms with E-state index < -0.39 is 5.60 Å². The first-order valence-electron chi connectivity index (χ1n) is 10.8. The van der Waals surface area contributed by atoms with E-state index >= 15 is 0 Å². The molecule has 2 fully saturated rings. The Morgan fingerprint density at radius 1 is 1.00 bits per heavy atom. The van der Waals surface area contributed by atoms with Gasteiger partial charge in [0.15, 0.2) is 5.82 Å². The lowest BCUT2D eigenvalue weighted by Gasteiger charge is -2.35. The fraction of sp³-hybridized carbons (Fsp3) is 0.304. The summed E-state index contributed by atoms with van der Waals surface area (Å²) in [5.41, 5.74) is 0.703. The number of nitrogens with one attached hydrogen (secondary N) is 1. The number of aromatic nitrogens is 4. The van der Waals surface area contributed by atoms with Crippen LogP contribution in [0.1, 0.15) is 4.88 Å². The quantitative estimate of drug-likeness (QED) is 0.463. The van der Waals surface area contributed by atoms with Crippen molar-refractivity contribution >= 4 is 39.0 Å². The van der Waals surface area contributed by atoms with E-state index in [1.54, 1.807) is 12.4 Å². The topological polar surface area (TPSA) is 106 Å². The Bertz CT molecular complexity index is 1270. The van der Waals surface area contributed by atoms with Gasteiger partial charge in [0.2, 0.25) is 5.95 Å². The average molecular weight is 463 g/mol. The highest BCUT2D eigenvalue weighted by Gasteiger charge is 2.40. The van der Waals surface area contributed by atoms with Crippen LogP contribution in [0, 0.1) is 0 Å². The molecule has 0 saturated carbocycles. The summed E-state index contributed by atoms with van der Waals surface area (Å²) in [5, 5.41) is 14.9. The minimum Gasteiger partial charge on any atom is -0.379 e. The maximum absolute atomic E-state index is 10.8. The van der Waals surface area contributed by atoms with Crippen LogP contribution in [-0.2, 0) is 15.1 Å². The second-order valence-corrected chi connectivity index (χ2v) is 9.14. The summed E-state index contributed by atoms with van der Waals surface area (Å²) in [6.07, 6.45) is 3.45. The average Bonchev–Trinajstić information content (AvgIpc) is 3.28. The lowest BCUT2D eigenvalue weighted by Crippen LogP contribution is -2.45. The SMILES string of the molecule is OC1(c2cc3c(N4CCOCC4)nc(-c4cnc(Nc5ccccc5)nc4)nc3s2)COC1. The van der Waals surface area contributed by atoms with Crippen molar-refractivity contribution < 1.29 is 14.6 Å². The molecule has 0 radical (unpaired) electrons. The third-order valence-electron chi connectivity index (χ3n) is 5.76. The van der Waals surface area contributed by atoms with Crippen molar-refractivity contribution in [1.82, 2.24) is 19.9 Å². The largest absolute Gasteiger partial charge is 0.379 e. The number of thiophene rings is 1. The molecule has 4 aromatic rings. The van der Waals surface area contributed by atoms with Gasteiger partial charge in [0.25, 0.3) is 0 Å². The number of hydrogen-bond donors (Lipinski definition) is 2. The Labute approximate surface area is 194 Å². The lowest BCUT2D eigenvalue weighted by molar-refractivity contribution is -0.182. The number of morpholine rings is 1. The molecule has 0 unspecified atom stereocenters. The van der Waals surface area contributed by atoms with Crippen molar-refractivity contribution in [3.05, 3.63) is 53.7 Å². The third-order valence-corrected chi connectivity index (χ3v) is 6.99. The molecule has 10 heteroatoms. The molecule has 33 heavy (non-hydrogen) atoms. The van der Waals surface area contributed by atoms with Gasteiger partial charge in [-0.25, -0.2) is 19.9 Å². The molecule has 2 saturated heterocycles. The standard InChI is InChI=1S/C23H22N6O3S/c30-23(13-32-14-23)18-10-17-20(29-6-8-31-9-7-29)27-19(28-21(17)33-18)15-11-24-22(25-12-15)26-16-4-2-1-3-5-16/h1-5,10-12,30H,6-9,13-14H2,(H,24,25,26). The monoisotopic (exact) mass is 462 g/mol. The number of hydrogen-bond acceptors (Lipinski definition) is 10. The number of aliphatic hydroxyl groups is 1. The Morgan fingerprint density at radius 3 is 2.45 bits per heavy atom. The molecule has 5 heterocycles. The zero-order chi connectivity index (χ0) is 22.3. The van der Waals surface area contributed by atoms with Gasteiger partial charge in [0.05, 0.1) is 37.4 Å². The van der Waals surface area contributed by atoms with E-state index in [9.17, 15) is 5.11 Å². The molecule has 2 aliphatic rings. The van der Waals surface area contributed by atoms with Crippen LogP contribution in [0.4, 0.5) is 17.5 Å². The molecule has 2 aliphatic heterocycles. The van der Waals surface area contributed by atoms with Gasteiger partial charge in [0.1, 0.15) is 16.2 Å². The second kappa shape index (κ2) is 8.31. The summed E-state index contributed by atoms with van der Waals surface area (Å²) in [5.74, 6) is 1.90. The number of fused-ring (bicyclic) bond motifs is 1. The molecule has 0 atom stereocenters. The van der Waals surface area contributed by atoms with Crippen molar-refractivity contribution in [3.8, 4) is 11.4 Å². The first kappa shape index (κ1) is 20.4. The second-order valence-electron chi connectivity index (χ2n) is 8.11. The predicted octanol–water partition coefficient (Wildman–Crippen LogP) is 2.95. The fourth-order valence-electron chi connectivity index (χ4n) is 3.88. The van der Waals surface area contributed by atoms with Crippen LogP contribution >= 0.6 is 11.3 Å². The van der Waals surface area contributed by atoms with Crippen molar-refractivity contribution in [2.45, 2.75) is 5.60 Å². The molecule has 1 aromatic carbocycles. The van der Waals surface area contributed by atoms with Gasteiger partial charge >= 0.3 is 0 Å². The summed E-state index contributed by atoms with van der Waals surface area (Å²) in [6, 6.07) is 11.8. The van der Waals surface area contributed by atoms with Crippen molar-refractivity contribution in [3.63, 3.8) is 0 Å². The molecular weight excluding hydrogens is 440 g/mol. The molecular formula is C23H22N6O3S. The van der Waals surface area contributed by atoms with E-state index in [2.05, 4.69) is 20.2 Å². The number of ether oxygens (including phenoxy) is 2. The Balaban J connectivity index is 1.37. The molecule has 0 bridgehead atoms. The van der Waals surface area contributed by atoms with Crippen LogP contribution in [0.25, 0.3) is 21.6 Å². The lowest BCUT2D eigenvalue weighted by atomic mass is 10.0. The zero-order valence-electron chi connectivity index (χ0n) is 17.8. The maximum Gasteiger partial charge on any atom is 0.227 e. The minimum atomic E-state index is -0.943. The van der Waals surface area contributed by atoms with Crippen molar-refractivity contribution in [2.75, 3.05) is 49.7 Å². The van der Waals surface area contributed by atoms with Crippen LogP contribution in [0.2, 0.25) is 0 Å². The van der Waals surface area contributed by atoms with Gasteiger partial charge in [-0.15, -0.1) is 11.3 Å². The highest BCUT2D eigenvalue weighted by molar-refractivity contribution is 7.18.